The fraction of sp³-hybridized carbons (Fsp3) is 0.444. The van der Waals surface area contributed by atoms with Crippen molar-refractivity contribution in [2.75, 3.05) is 30.8 Å². The van der Waals surface area contributed by atoms with Crippen LogP contribution in [-0.2, 0) is 4.79 Å². The predicted octanol–water partition coefficient (Wildman–Crippen LogP) is 0.0663. The monoisotopic (exact) mass is 209 g/mol. The van der Waals surface area contributed by atoms with Crippen molar-refractivity contribution in [1.82, 2.24) is 15.3 Å². The van der Waals surface area contributed by atoms with E-state index >= 15 is 0 Å². The topological polar surface area (TPSA) is 78.9 Å². The summed E-state index contributed by atoms with van der Waals surface area (Å²) in [6.45, 7) is 2.72. The van der Waals surface area contributed by atoms with Crippen LogP contribution in [0.4, 0.5) is 11.8 Å². The molecule has 0 aromatic carbocycles. The second-order valence-corrected chi connectivity index (χ2v) is 2.82. The number of anilines is 2. The fourth-order valence-corrected chi connectivity index (χ4v) is 1.01. The molecule has 1 heterocycles. The maximum atomic E-state index is 11.1. The van der Waals surface area contributed by atoms with E-state index in [1.165, 1.54) is 0 Å². The van der Waals surface area contributed by atoms with Crippen LogP contribution < -0.4 is 16.0 Å². The molecular weight excluding hydrogens is 194 g/mol. The molecule has 0 fully saturated rings. The van der Waals surface area contributed by atoms with Crippen LogP contribution in [0.2, 0.25) is 0 Å². The Bertz CT molecular complexity index is 328. The van der Waals surface area contributed by atoms with Crippen molar-refractivity contribution in [3.8, 4) is 0 Å². The van der Waals surface area contributed by atoms with Crippen molar-refractivity contribution >= 4 is 17.7 Å². The zero-order chi connectivity index (χ0) is 11.1. The van der Waals surface area contributed by atoms with Gasteiger partial charge in [0.05, 0.1) is 6.54 Å². The van der Waals surface area contributed by atoms with E-state index in [4.69, 9.17) is 0 Å². The number of hydrogen-bond acceptors (Lipinski definition) is 5. The zero-order valence-corrected chi connectivity index (χ0v) is 8.87. The van der Waals surface area contributed by atoms with Crippen LogP contribution >= 0.6 is 0 Å². The molecule has 0 atom stereocenters. The van der Waals surface area contributed by atoms with Gasteiger partial charge in [0.2, 0.25) is 11.9 Å². The maximum Gasteiger partial charge on any atom is 0.239 e. The highest BCUT2D eigenvalue weighted by Crippen LogP contribution is 2.03. The molecular formula is C9H15N5O. The Hall–Kier alpha value is -1.85. The van der Waals surface area contributed by atoms with Gasteiger partial charge in [-0.3, -0.25) is 4.79 Å². The molecule has 0 spiro atoms. The SMILES string of the molecule is CCNC(=O)CNc1ccnc(NC)n1. The molecule has 0 aliphatic heterocycles. The summed E-state index contributed by atoms with van der Waals surface area (Å²) < 4.78 is 0. The number of carbonyl (C=O) groups excluding carboxylic acids is 1. The highest BCUT2D eigenvalue weighted by atomic mass is 16.1. The van der Waals surface area contributed by atoms with Gasteiger partial charge in [0.25, 0.3) is 0 Å². The summed E-state index contributed by atoms with van der Waals surface area (Å²) in [6.07, 6.45) is 1.62. The maximum absolute atomic E-state index is 11.1. The number of likely N-dealkylation sites (N-methyl/N-ethyl adjacent to an activating group) is 1. The fourth-order valence-electron chi connectivity index (χ4n) is 1.01. The number of amides is 1. The summed E-state index contributed by atoms with van der Waals surface area (Å²) in [7, 11) is 1.74. The standard InChI is InChI=1S/C9H15N5O/c1-3-11-8(15)6-13-7-4-5-12-9(10-2)14-7/h4-5H,3,6H2,1-2H3,(H,11,15)(H2,10,12,13,14). The average molecular weight is 209 g/mol. The summed E-state index contributed by atoms with van der Waals surface area (Å²) in [5, 5.41) is 8.40. The molecule has 6 heteroatoms. The smallest absolute Gasteiger partial charge is 0.239 e. The first-order valence-corrected chi connectivity index (χ1v) is 4.77. The minimum atomic E-state index is -0.0536. The van der Waals surface area contributed by atoms with Crippen LogP contribution in [0.3, 0.4) is 0 Å². The summed E-state index contributed by atoms with van der Waals surface area (Å²) >= 11 is 0. The average Bonchev–Trinajstić information content (AvgIpc) is 2.27. The van der Waals surface area contributed by atoms with Gasteiger partial charge in [-0.25, -0.2) is 4.98 Å². The lowest BCUT2D eigenvalue weighted by molar-refractivity contribution is -0.119. The molecule has 82 valence electrons. The van der Waals surface area contributed by atoms with Crippen molar-refractivity contribution in [2.24, 2.45) is 0 Å². The Labute approximate surface area is 88.5 Å². The third kappa shape index (κ3) is 3.80. The molecule has 1 aromatic heterocycles. The number of carbonyl (C=O) groups is 1. The number of nitrogens with one attached hydrogen (secondary N) is 3. The second kappa shape index (κ2) is 5.79. The van der Waals surface area contributed by atoms with Crippen LogP contribution in [0.5, 0.6) is 0 Å². The molecule has 6 nitrogen and oxygen atoms in total. The quantitative estimate of drug-likeness (QED) is 0.639. The largest absolute Gasteiger partial charge is 0.361 e. The first-order valence-electron chi connectivity index (χ1n) is 4.77. The van der Waals surface area contributed by atoms with E-state index in [9.17, 15) is 4.79 Å². The lowest BCUT2D eigenvalue weighted by atomic mass is 10.5. The molecule has 1 aromatic rings. The van der Waals surface area contributed by atoms with Gasteiger partial charge in [0.15, 0.2) is 0 Å². The molecule has 0 saturated heterocycles. The first kappa shape index (κ1) is 11.2. The lowest BCUT2D eigenvalue weighted by Crippen LogP contribution is -2.29. The second-order valence-electron chi connectivity index (χ2n) is 2.82. The van der Waals surface area contributed by atoms with E-state index in [-0.39, 0.29) is 12.5 Å². The predicted molar refractivity (Wildman–Crippen MR) is 58.8 cm³/mol. The highest BCUT2D eigenvalue weighted by molar-refractivity contribution is 5.80. The zero-order valence-electron chi connectivity index (χ0n) is 8.87. The van der Waals surface area contributed by atoms with Crippen molar-refractivity contribution in [3.05, 3.63) is 12.3 Å². The van der Waals surface area contributed by atoms with E-state index in [2.05, 4.69) is 25.9 Å². The lowest BCUT2D eigenvalue weighted by Gasteiger charge is -2.06. The summed E-state index contributed by atoms with van der Waals surface area (Å²) in [4.78, 5) is 19.2. The van der Waals surface area contributed by atoms with Gasteiger partial charge in [0, 0.05) is 19.8 Å². The summed E-state index contributed by atoms with van der Waals surface area (Å²) in [5.41, 5.74) is 0. The molecule has 1 amide bonds. The normalized spacial score (nSPS) is 9.47. The van der Waals surface area contributed by atoms with Crippen LogP contribution in [-0.4, -0.2) is 36.0 Å². The third-order valence-corrected chi connectivity index (χ3v) is 1.68. The molecule has 0 aliphatic carbocycles. The van der Waals surface area contributed by atoms with E-state index < -0.39 is 0 Å². The molecule has 0 bridgehead atoms. The highest BCUT2D eigenvalue weighted by Gasteiger charge is 2.00. The minimum Gasteiger partial charge on any atom is -0.361 e. The summed E-state index contributed by atoms with van der Waals surface area (Å²) in [5.74, 6) is 1.10. The van der Waals surface area contributed by atoms with Gasteiger partial charge in [-0.15, -0.1) is 0 Å². The summed E-state index contributed by atoms with van der Waals surface area (Å²) in [6, 6.07) is 1.71. The van der Waals surface area contributed by atoms with Crippen LogP contribution in [0.15, 0.2) is 12.3 Å². The van der Waals surface area contributed by atoms with E-state index in [1.807, 2.05) is 6.92 Å². The Balaban J connectivity index is 2.46. The van der Waals surface area contributed by atoms with E-state index in [1.54, 1.807) is 19.3 Å². The molecule has 0 aliphatic rings. The van der Waals surface area contributed by atoms with Gasteiger partial charge >= 0.3 is 0 Å². The Morgan fingerprint density at radius 1 is 1.53 bits per heavy atom. The third-order valence-electron chi connectivity index (χ3n) is 1.68. The molecule has 1 rings (SSSR count). The number of aromatic nitrogens is 2. The van der Waals surface area contributed by atoms with Crippen LogP contribution in [0, 0.1) is 0 Å². The van der Waals surface area contributed by atoms with Crippen molar-refractivity contribution in [2.45, 2.75) is 6.92 Å². The first-order chi connectivity index (χ1) is 7.26. The van der Waals surface area contributed by atoms with Gasteiger partial charge in [-0.05, 0) is 13.0 Å². The Kier molecular flexibility index (Phi) is 4.33. The Morgan fingerprint density at radius 2 is 2.33 bits per heavy atom. The molecule has 0 radical (unpaired) electrons. The number of hydrogen-bond donors (Lipinski definition) is 3. The molecule has 15 heavy (non-hydrogen) atoms. The van der Waals surface area contributed by atoms with Crippen molar-refractivity contribution in [3.63, 3.8) is 0 Å². The molecule has 0 unspecified atom stereocenters. The van der Waals surface area contributed by atoms with Gasteiger partial charge in [-0.1, -0.05) is 0 Å². The van der Waals surface area contributed by atoms with E-state index in [0.717, 1.165) is 0 Å². The van der Waals surface area contributed by atoms with Gasteiger partial charge in [0.1, 0.15) is 5.82 Å². The number of nitrogens with zero attached hydrogens (tertiary/aromatic N) is 2. The Morgan fingerprint density at radius 3 is 3.00 bits per heavy atom. The van der Waals surface area contributed by atoms with Crippen LogP contribution in [0.25, 0.3) is 0 Å². The van der Waals surface area contributed by atoms with Gasteiger partial charge < -0.3 is 16.0 Å². The minimum absolute atomic E-state index is 0.0536. The molecule has 3 N–H and O–H groups in total. The van der Waals surface area contributed by atoms with Gasteiger partial charge in [-0.2, -0.15) is 4.98 Å². The molecule has 0 saturated carbocycles. The van der Waals surface area contributed by atoms with Crippen LogP contribution in [0.1, 0.15) is 6.92 Å². The van der Waals surface area contributed by atoms with Crippen molar-refractivity contribution < 1.29 is 4.79 Å². The number of rotatable bonds is 5. The van der Waals surface area contributed by atoms with Crippen molar-refractivity contribution in [1.29, 1.82) is 0 Å². The van der Waals surface area contributed by atoms with E-state index in [0.29, 0.717) is 18.3 Å².